The molecule has 0 spiro atoms. The number of nitrogens with one attached hydrogen (secondary N) is 3. The number of nitriles is 1. The summed E-state index contributed by atoms with van der Waals surface area (Å²) in [4.78, 5) is 24.3. The molecule has 3 N–H and O–H groups in total. The van der Waals surface area contributed by atoms with E-state index < -0.39 is 5.41 Å². The smallest absolute Gasteiger partial charge is 0.255 e. The number of hydrogen-bond acceptors (Lipinski definition) is 9. The molecule has 2 aromatic heterocycles. The molecule has 0 bridgehead atoms. The second-order valence-corrected chi connectivity index (χ2v) is 11.1. The number of hydrazine groups is 1. The second-order valence-electron chi connectivity index (χ2n) is 11.1. The predicted octanol–water partition coefficient (Wildman–Crippen LogP) is 4.40. The maximum absolute atomic E-state index is 13.1. The molecule has 0 radical (unpaired) electrons. The van der Waals surface area contributed by atoms with E-state index in [0.29, 0.717) is 22.9 Å². The summed E-state index contributed by atoms with van der Waals surface area (Å²) in [6.45, 7) is 7.73. The van der Waals surface area contributed by atoms with E-state index in [0.717, 1.165) is 67.3 Å². The van der Waals surface area contributed by atoms with E-state index in [1.165, 1.54) is 6.33 Å². The quantitative estimate of drug-likeness (QED) is 0.286. The van der Waals surface area contributed by atoms with Crippen molar-refractivity contribution >= 4 is 28.9 Å². The Hall–Kier alpha value is -4.79. The van der Waals surface area contributed by atoms with Gasteiger partial charge in [0.25, 0.3) is 5.91 Å². The first-order chi connectivity index (χ1) is 20.3. The Bertz CT molecular complexity index is 1660. The van der Waals surface area contributed by atoms with Crippen molar-refractivity contribution in [3.63, 3.8) is 0 Å². The van der Waals surface area contributed by atoms with Crippen LogP contribution in [0.4, 0.5) is 23.0 Å². The molecule has 1 saturated heterocycles. The van der Waals surface area contributed by atoms with Crippen LogP contribution >= 0.6 is 0 Å². The summed E-state index contributed by atoms with van der Waals surface area (Å²) < 4.78 is 1.76. The summed E-state index contributed by atoms with van der Waals surface area (Å²) in [5.41, 5.74) is 7.70. The first-order valence-electron chi connectivity index (χ1n) is 14.1. The summed E-state index contributed by atoms with van der Waals surface area (Å²) in [5.74, 6) is 1.85. The fraction of sp³-hybridized carbons (Fsp3) is 0.323. The highest BCUT2D eigenvalue weighted by molar-refractivity contribution is 6.04. The molecule has 2 aliphatic rings. The number of amides is 1. The molecule has 6 rings (SSSR count). The van der Waals surface area contributed by atoms with Crippen molar-refractivity contribution in [2.24, 2.45) is 0 Å². The normalized spacial score (nSPS) is 16.4. The molecule has 3 heterocycles. The number of carbonyl (C=O) groups is 1. The number of anilines is 4. The third-order valence-corrected chi connectivity index (χ3v) is 7.88. The van der Waals surface area contributed by atoms with Crippen LogP contribution in [0.25, 0.3) is 5.82 Å². The Balaban J connectivity index is 1.19. The van der Waals surface area contributed by atoms with Gasteiger partial charge < -0.3 is 21.0 Å². The summed E-state index contributed by atoms with van der Waals surface area (Å²) in [7, 11) is 2.12. The van der Waals surface area contributed by atoms with E-state index in [1.54, 1.807) is 10.7 Å². The number of piperazine rings is 1. The van der Waals surface area contributed by atoms with Gasteiger partial charge in [0, 0.05) is 55.2 Å². The Morgan fingerprint density at radius 1 is 1.00 bits per heavy atom. The van der Waals surface area contributed by atoms with Crippen molar-refractivity contribution in [2.45, 2.75) is 32.1 Å². The maximum atomic E-state index is 13.1. The summed E-state index contributed by atoms with van der Waals surface area (Å²) in [6.07, 6.45) is 3.20. The van der Waals surface area contributed by atoms with Gasteiger partial charge in [-0.05, 0) is 69.1 Å². The second kappa shape index (κ2) is 11.2. The monoisotopic (exact) mass is 562 g/mol. The largest absolute Gasteiger partial charge is 0.340 e. The van der Waals surface area contributed by atoms with Gasteiger partial charge >= 0.3 is 0 Å². The Morgan fingerprint density at radius 3 is 2.57 bits per heavy atom. The minimum Gasteiger partial charge on any atom is -0.340 e. The number of hydrogen-bond donors (Lipinski definition) is 3. The van der Waals surface area contributed by atoms with E-state index in [4.69, 9.17) is 0 Å². The van der Waals surface area contributed by atoms with Crippen molar-refractivity contribution in [1.82, 2.24) is 29.7 Å². The zero-order chi connectivity index (χ0) is 29.3. The number of likely N-dealkylation sites (N-methyl/N-ethyl adjacent to an activating group) is 1. The Kier molecular flexibility index (Phi) is 7.33. The molecule has 1 aliphatic heterocycles. The third-order valence-electron chi connectivity index (χ3n) is 7.88. The highest BCUT2D eigenvalue weighted by Crippen LogP contribution is 2.47. The standard InChI is InChI=1S/C31H34N10O/c1-21-7-8-25(35-30(42)23-5-4-6-24(16-23)31(19-32)9-10-31)17-26(21)36-29-15-22(2)37-41(29)28-18-27(33-20-34-28)38-40-13-11-39(3)12-14-40/h4-8,15-18,20,36H,9-14H2,1-3H3,(H,35,42)(H,33,34,38). The van der Waals surface area contributed by atoms with Crippen LogP contribution in [0.3, 0.4) is 0 Å². The topological polar surface area (TPSA) is 127 Å². The average molecular weight is 563 g/mol. The summed E-state index contributed by atoms with van der Waals surface area (Å²) in [6, 6.07) is 19.3. The third kappa shape index (κ3) is 5.81. The SMILES string of the molecule is Cc1cc(Nc2cc(NC(=O)c3cccc(C4(C#N)CC4)c3)ccc2C)n(-c2cc(NN3CCN(C)CC3)ncn2)n1. The number of aromatic nitrogens is 4. The van der Waals surface area contributed by atoms with E-state index >= 15 is 0 Å². The van der Waals surface area contributed by atoms with Gasteiger partial charge in [0.15, 0.2) is 5.82 Å². The first kappa shape index (κ1) is 27.4. The number of rotatable bonds is 8. The molecule has 0 unspecified atom stereocenters. The van der Waals surface area contributed by atoms with Crippen LogP contribution in [0.15, 0.2) is 60.9 Å². The van der Waals surface area contributed by atoms with Crippen molar-refractivity contribution < 1.29 is 4.79 Å². The molecule has 1 saturated carbocycles. The van der Waals surface area contributed by atoms with Gasteiger partial charge in [-0.15, -0.1) is 0 Å². The molecular weight excluding hydrogens is 528 g/mol. The molecule has 214 valence electrons. The number of nitrogens with zero attached hydrogens (tertiary/aromatic N) is 7. The summed E-state index contributed by atoms with van der Waals surface area (Å²) >= 11 is 0. The zero-order valence-corrected chi connectivity index (χ0v) is 24.1. The predicted molar refractivity (Wildman–Crippen MR) is 162 cm³/mol. The summed E-state index contributed by atoms with van der Waals surface area (Å²) in [5, 5.41) is 22.9. The van der Waals surface area contributed by atoms with Gasteiger partial charge in [0.05, 0.1) is 17.2 Å². The zero-order valence-electron chi connectivity index (χ0n) is 24.1. The van der Waals surface area contributed by atoms with Crippen LogP contribution in [0.5, 0.6) is 0 Å². The van der Waals surface area contributed by atoms with E-state index in [-0.39, 0.29) is 5.91 Å². The molecule has 1 aliphatic carbocycles. The van der Waals surface area contributed by atoms with Gasteiger partial charge in [-0.2, -0.15) is 15.0 Å². The van der Waals surface area contributed by atoms with Gasteiger partial charge in [-0.25, -0.2) is 15.0 Å². The number of benzene rings is 2. The van der Waals surface area contributed by atoms with Crippen molar-refractivity contribution in [2.75, 3.05) is 49.3 Å². The van der Waals surface area contributed by atoms with Crippen molar-refractivity contribution in [1.29, 1.82) is 5.26 Å². The minimum absolute atomic E-state index is 0.220. The molecule has 2 fully saturated rings. The maximum Gasteiger partial charge on any atom is 0.255 e. The van der Waals surface area contributed by atoms with Crippen LogP contribution in [-0.4, -0.2) is 68.8 Å². The van der Waals surface area contributed by atoms with Crippen LogP contribution in [0.2, 0.25) is 0 Å². The van der Waals surface area contributed by atoms with Gasteiger partial charge in [0.2, 0.25) is 0 Å². The molecule has 0 atom stereocenters. The molecule has 4 aromatic rings. The average Bonchev–Trinajstić information content (AvgIpc) is 3.72. The van der Waals surface area contributed by atoms with Crippen molar-refractivity contribution in [3.05, 3.63) is 83.3 Å². The highest BCUT2D eigenvalue weighted by atomic mass is 16.1. The Morgan fingerprint density at radius 2 is 1.81 bits per heavy atom. The molecular formula is C31H34N10O. The minimum atomic E-state index is -0.441. The molecule has 11 nitrogen and oxygen atoms in total. The lowest BCUT2D eigenvalue weighted by Crippen LogP contribution is -2.47. The van der Waals surface area contributed by atoms with E-state index in [2.05, 4.69) is 54.2 Å². The first-order valence-corrected chi connectivity index (χ1v) is 14.1. The van der Waals surface area contributed by atoms with Crippen LogP contribution in [-0.2, 0) is 5.41 Å². The number of carbonyl (C=O) groups excluding carboxylic acids is 1. The Labute approximate surface area is 245 Å². The highest BCUT2D eigenvalue weighted by Gasteiger charge is 2.45. The van der Waals surface area contributed by atoms with Gasteiger partial charge in [-0.3, -0.25) is 4.79 Å². The molecule has 2 aromatic carbocycles. The fourth-order valence-electron chi connectivity index (χ4n) is 5.09. The van der Waals surface area contributed by atoms with E-state index in [9.17, 15) is 10.1 Å². The van der Waals surface area contributed by atoms with Gasteiger partial charge in [-0.1, -0.05) is 18.2 Å². The van der Waals surface area contributed by atoms with Gasteiger partial charge in [0.1, 0.15) is 18.0 Å². The lowest BCUT2D eigenvalue weighted by atomic mass is 9.96. The van der Waals surface area contributed by atoms with Crippen LogP contribution in [0, 0.1) is 25.2 Å². The lowest BCUT2D eigenvalue weighted by Gasteiger charge is -2.32. The lowest BCUT2D eigenvalue weighted by molar-refractivity contribution is 0.102. The molecule has 1 amide bonds. The molecule has 42 heavy (non-hydrogen) atoms. The molecule has 11 heteroatoms. The van der Waals surface area contributed by atoms with E-state index in [1.807, 2.05) is 62.4 Å². The number of aryl methyl sites for hydroxylation is 2. The van der Waals surface area contributed by atoms with Crippen LogP contribution in [0.1, 0.15) is 40.0 Å². The van der Waals surface area contributed by atoms with Crippen molar-refractivity contribution in [3.8, 4) is 11.9 Å². The van der Waals surface area contributed by atoms with Crippen LogP contribution < -0.4 is 16.1 Å². The fourth-order valence-corrected chi connectivity index (χ4v) is 5.09.